The van der Waals surface area contributed by atoms with Gasteiger partial charge in [0.1, 0.15) is 6.10 Å². The smallest absolute Gasteiger partial charge is 0.308 e. The van der Waals surface area contributed by atoms with Gasteiger partial charge in [-0.15, -0.1) is 0 Å². The van der Waals surface area contributed by atoms with Crippen LogP contribution in [0.5, 0.6) is 0 Å². The summed E-state index contributed by atoms with van der Waals surface area (Å²) in [5.74, 6) is -1.61. The summed E-state index contributed by atoms with van der Waals surface area (Å²) in [4.78, 5) is 12.2. The zero-order chi connectivity index (χ0) is 22.3. The molecule has 1 aliphatic heterocycles. The first-order valence-corrected chi connectivity index (χ1v) is 11.9. The van der Waals surface area contributed by atoms with Crippen LogP contribution in [0, 0.1) is 5.92 Å². The Balaban J connectivity index is 1.69. The molecule has 0 aliphatic carbocycles. The maximum absolute atomic E-state index is 12.9. The number of aliphatic hydroxyl groups excluding tert-OH is 1. The summed E-state index contributed by atoms with van der Waals surface area (Å²) in [7, 11) is -3.68. The molecule has 0 amide bonds. The Bertz CT molecular complexity index is 931. The third-order valence-electron chi connectivity index (χ3n) is 5.23. The van der Waals surface area contributed by atoms with Gasteiger partial charge in [-0.3, -0.25) is 4.79 Å². The molecule has 2 aromatic carbocycles. The van der Waals surface area contributed by atoms with E-state index in [4.69, 9.17) is 14.2 Å². The fourth-order valence-electron chi connectivity index (χ4n) is 3.67. The minimum atomic E-state index is -3.68. The number of hydrogen-bond acceptors (Lipinski definition) is 7. The second-order valence-corrected chi connectivity index (χ2v) is 9.51. The zero-order valence-corrected chi connectivity index (χ0v) is 18.2. The van der Waals surface area contributed by atoms with Gasteiger partial charge in [0.2, 0.25) is 0 Å². The Morgan fingerprint density at radius 3 is 2.32 bits per heavy atom. The Kier molecular flexibility index (Phi) is 8.20. The van der Waals surface area contributed by atoms with Crippen LogP contribution in [0.4, 0.5) is 0 Å². The highest BCUT2D eigenvalue weighted by atomic mass is 32.2. The number of carbonyl (C=O) groups is 1. The Labute approximate surface area is 182 Å². The maximum atomic E-state index is 12.9. The second-order valence-electron chi connectivity index (χ2n) is 7.47. The molecule has 0 saturated carbocycles. The lowest BCUT2D eigenvalue weighted by Crippen LogP contribution is -2.35. The Morgan fingerprint density at radius 2 is 1.68 bits per heavy atom. The molecule has 168 valence electrons. The van der Waals surface area contributed by atoms with Crippen molar-refractivity contribution in [2.24, 2.45) is 5.92 Å². The molecule has 1 fully saturated rings. The van der Waals surface area contributed by atoms with Crippen molar-refractivity contribution in [2.45, 2.75) is 43.2 Å². The quantitative estimate of drug-likeness (QED) is 0.557. The Hall–Kier alpha value is -2.26. The van der Waals surface area contributed by atoms with Gasteiger partial charge < -0.3 is 19.3 Å². The fraction of sp³-hybridized carbons (Fsp3) is 0.435. The molecule has 8 heteroatoms. The molecule has 0 spiro atoms. The number of benzene rings is 2. The van der Waals surface area contributed by atoms with E-state index < -0.39 is 40.0 Å². The number of hydrogen-bond donors (Lipinski definition) is 1. The van der Waals surface area contributed by atoms with E-state index in [1.54, 1.807) is 25.1 Å². The maximum Gasteiger partial charge on any atom is 0.308 e. The molecule has 3 rings (SSSR count). The summed E-state index contributed by atoms with van der Waals surface area (Å²) in [5.41, 5.74) is 0.973. The molecule has 0 radical (unpaired) electrons. The van der Waals surface area contributed by atoms with Crippen molar-refractivity contribution in [1.29, 1.82) is 0 Å². The third-order valence-corrected chi connectivity index (χ3v) is 7.04. The third kappa shape index (κ3) is 6.36. The van der Waals surface area contributed by atoms with E-state index in [9.17, 15) is 18.3 Å². The molecule has 1 aliphatic rings. The van der Waals surface area contributed by atoms with Crippen LogP contribution < -0.4 is 0 Å². The predicted molar refractivity (Wildman–Crippen MR) is 114 cm³/mol. The first-order chi connectivity index (χ1) is 14.9. The number of ether oxygens (including phenoxy) is 3. The number of sulfone groups is 1. The second kappa shape index (κ2) is 10.9. The molecule has 0 aromatic heterocycles. The molecular weight excluding hydrogens is 420 g/mol. The van der Waals surface area contributed by atoms with Crippen LogP contribution in [0.1, 0.15) is 18.9 Å². The van der Waals surface area contributed by atoms with Crippen LogP contribution in [0.15, 0.2) is 65.6 Å². The predicted octanol–water partition coefficient (Wildman–Crippen LogP) is 2.37. The molecule has 1 unspecified atom stereocenters. The van der Waals surface area contributed by atoms with Gasteiger partial charge in [-0.25, -0.2) is 8.42 Å². The van der Waals surface area contributed by atoms with Gasteiger partial charge in [0.15, 0.2) is 9.84 Å². The van der Waals surface area contributed by atoms with E-state index in [2.05, 4.69) is 0 Å². The van der Waals surface area contributed by atoms with Gasteiger partial charge in [-0.05, 0) is 24.6 Å². The first kappa shape index (κ1) is 23.4. The van der Waals surface area contributed by atoms with Crippen LogP contribution in [-0.2, 0) is 35.4 Å². The molecule has 31 heavy (non-hydrogen) atoms. The lowest BCUT2D eigenvalue weighted by atomic mass is 9.96. The number of aliphatic hydroxyl groups is 1. The van der Waals surface area contributed by atoms with Crippen molar-refractivity contribution in [3.63, 3.8) is 0 Å². The van der Waals surface area contributed by atoms with Crippen LogP contribution in [0.25, 0.3) is 0 Å². The van der Waals surface area contributed by atoms with Crippen molar-refractivity contribution in [1.82, 2.24) is 0 Å². The van der Waals surface area contributed by atoms with Gasteiger partial charge in [-0.1, -0.05) is 48.5 Å². The molecular formula is C23H28O7S. The fourth-order valence-corrected chi connectivity index (χ4v) is 5.36. The van der Waals surface area contributed by atoms with Crippen LogP contribution >= 0.6 is 0 Å². The van der Waals surface area contributed by atoms with Crippen LogP contribution in [0.3, 0.4) is 0 Å². The van der Waals surface area contributed by atoms with E-state index in [0.29, 0.717) is 6.61 Å². The molecule has 7 nitrogen and oxygen atoms in total. The summed E-state index contributed by atoms with van der Waals surface area (Å²) in [6, 6.07) is 17.6. The minimum Gasteiger partial charge on any atom is -0.466 e. The van der Waals surface area contributed by atoms with Crippen molar-refractivity contribution >= 4 is 15.8 Å². The lowest BCUT2D eigenvalue weighted by molar-refractivity contribution is -0.147. The molecule has 0 bridgehead atoms. The van der Waals surface area contributed by atoms with Crippen molar-refractivity contribution in [3.8, 4) is 0 Å². The summed E-state index contributed by atoms with van der Waals surface area (Å²) in [6.07, 6.45) is -2.74. The highest BCUT2D eigenvalue weighted by molar-refractivity contribution is 7.91. The van der Waals surface area contributed by atoms with Crippen molar-refractivity contribution < 1.29 is 32.5 Å². The SMILES string of the molecule is CCOC(=O)CC1O[C@H](COCc2ccccc2)[C@H](O)[C@H]1CS(=O)(=O)c1ccccc1. The largest absolute Gasteiger partial charge is 0.466 e. The average molecular weight is 449 g/mol. The van der Waals surface area contributed by atoms with Crippen molar-refractivity contribution in [2.75, 3.05) is 19.0 Å². The number of carbonyl (C=O) groups excluding carboxylic acids is 1. The number of esters is 1. The summed E-state index contributed by atoms with van der Waals surface area (Å²) in [5, 5.41) is 10.8. The Morgan fingerprint density at radius 1 is 1.03 bits per heavy atom. The summed E-state index contributed by atoms with van der Waals surface area (Å²) in [6.45, 7) is 2.32. The molecule has 2 aromatic rings. The minimum absolute atomic E-state index is 0.0806. The molecule has 4 atom stereocenters. The zero-order valence-electron chi connectivity index (χ0n) is 17.4. The van der Waals surface area contributed by atoms with E-state index >= 15 is 0 Å². The molecule has 1 heterocycles. The standard InChI is InChI=1S/C23H28O7S/c1-2-29-22(24)13-20-19(16-31(26,27)18-11-7-4-8-12-18)23(25)21(30-20)15-28-14-17-9-5-3-6-10-17/h3-12,19-21,23,25H,2,13-16H2,1H3/t19-,20?,21+,23+/m0/s1. The van der Waals surface area contributed by atoms with Crippen LogP contribution in [-0.4, -0.2) is 56.8 Å². The summed E-state index contributed by atoms with van der Waals surface area (Å²) < 4.78 is 42.3. The van der Waals surface area contributed by atoms with Gasteiger partial charge in [0, 0.05) is 5.92 Å². The lowest BCUT2D eigenvalue weighted by Gasteiger charge is -2.20. The molecule has 1 N–H and O–H groups in total. The van der Waals surface area contributed by atoms with E-state index in [1.807, 2.05) is 30.3 Å². The average Bonchev–Trinajstić information content (AvgIpc) is 3.04. The van der Waals surface area contributed by atoms with E-state index in [0.717, 1.165) is 5.56 Å². The monoisotopic (exact) mass is 448 g/mol. The van der Waals surface area contributed by atoms with Gasteiger partial charge >= 0.3 is 5.97 Å². The first-order valence-electron chi connectivity index (χ1n) is 10.3. The normalized spacial score (nSPS) is 23.5. The van der Waals surface area contributed by atoms with E-state index in [-0.39, 0.29) is 30.3 Å². The number of rotatable bonds is 10. The highest BCUT2D eigenvalue weighted by Gasteiger charge is 2.46. The topological polar surface area (TPSA) is 99.1 Å². The van der Waals surface area contributed by atoms with Crippen molar-refractivity contribution in [3.05, 3.63) is 66.2 Å². The van der Waals surface area contributed by atoms with Crippen LogP contribution in [0.2, 0.25) is 0 Å². The highest BCUT2D eigenvalue weighted by Crippen LogP contribution is 2.32. The van der Waals surface area contributed by atoms with Gasteiger partial charge in [0.25, 0.3) is 0 Å². The van der Waals surface area contributed by atoms with E-state index in [1.165, 1.54) is 12.1 Å². The molecule has 1 saturated heterocycles. The summed E-state index contributed by atoms with van der Waals surface area (Å²) >= 11 is 0. The van der Waals surface area contributed by atoms with Gasteiger partial charge in [0.05, 0.1) is 49.1 Å². The van der Waals surface area contributed by atoms with Gasteiger partial charge in [-0.2, -0.15) is 0 Å².